The van der Waals surface area contributed by atoms with Gasteiger partial charge in [-0.2, -0.15) is 0 Å². The van der Waals surface area contributed by atoms with Gasteiger partial charge in [-0.1, -0.05) is 6.07 Å². The highest BCUT2D eigenvalue weighted by Gasteiger charge is 2.19. The average molecular weight is 265 g/mol. The van der Waals surface area contributed by atoms with E-state index >= 15 is 0 Å². The van der Waals surface area contributed by atoms with Crippen LogP contribution in [0.1, 0.15) is 28.6 Å². The second kappa shape index (κ2) is 5.40. The number of aliphatic hydroxyl groups excluding tert-OH is 2. The Balaban J connectivity index is 2.32. The van der Waals surface area contributed by atoms with E-state index in [4.69, 9.17) is 15.3 Å². The van der Waals surface area contributed by atoms with Crippen molar-refractivity contribution in [2.24, 2.45) is 5.73 Å². The summed E-state index contributed by atoms with van der Waals surface area (Å²) in [5.41, 5.74) is 6.23. The van der Waals surface area contributed by atoms with E-state index < -0.39 is 18.2 Å². The summed E-state index contributed by atoms with van der Waals surface area (Å²) in [7, 11) is 0. The second-order valence-corrected chi connectivity index (χ2v) is 4.30. The zero-order chi connectivity index (χ0) is 14.0. The summed E-state index contributed by atoms with van der Waals surface area (Å²) < 4.78 is 5.11. The van der Waals surface area contributed by atoms with Crippen LogP contribution in [0.3, 0.4) is 0 Å². The molecule has 0 aliphatic rings. The monoisotopic (exact) mass is 265 g/mol. The highest BCUT2D eigenvalue weighted by molar-refractivity contribution is 5.91. The summed E-state index contributed by atoms with van der Waals surface area (Å²) >= 11 is 0. The van der Waals surface area contributed by atoms with E-state index in [9.17, 15) is 15.0 Å². The van der Waals surface area contributed by atoms with Crippen molar-refractivity contribution in [2.45, 2.75) is 18.6 Å². The molecule has 0 aliphatic carbocycles. The molecule has 5 N–H and O–H groups in total. The number of benzene rings is 1. The van der Waals surface area contributed by atoms with Crippen LogP contribution in [0, 0.1) is 0 Å². The maximum absolute atomic E-state index is 10.8. The molecule has 1 aromatic carbocycles. The average Bonchev–Trinajstić information content (AvgIpc) is 2.81. The molecule has 2 unspecified atom stereocenters. The second-order valence-electron chi connectivity index (χ2n) is 4.30. The first-order valence-electron chi connectivity index (χ1n) is 5.86. The van der Waals surface area contributed by atoms with E-state index in [2.05, 4.69) is 0 Å². The molecule has 102 valence electrons. The summed E-state index contributed by atoms with van der Waals surface area (Å²) in [5, 5.41) is 29.0. The molecule has 2 rings (SSSR count). The Hall–Kier alpha value is -1.89. The summed E-state index contributed by atoms with van der Waals surface area (Å²) in [6, 6.07) is 6.12. The van der Waals surface area contributed by atoms with Crippen LogP contribution in [0.5, 0.6) is 0 Å². The van der Waals surface area contributed by atoms with Crippen LogP contribution in [0.25, 0.3) is 11.0 Å². The first-order chi connectivity index (χ1) is 9.02. The van der Waals surface area contributed by atoms with Crippen LogP contribution in [0.2, 0.25) is 0 Å². The van der Waals surface area contributed by atoms with E-state index in [0.29, 0.717) is 16.5 Å². The van der Waals surface area contributed by atoms with Gasteiger partial charge in [0, 0.05) is 5.39 Å². The lowest BCUT2D eigenvalue weighted by molar-refractivity contribution is 0.0151. The van der Waals surface area contributed by atoms with Crippen molar-refractivity contribution < 1.29 is 24.5 Å². The van der Waals surface area contributed by atoms with Crippen molar-refractivity contribution in [3.63, 3.8) is 0 Å². The molecule has 1 heterocycles. The van der Waals surface area contributed by atoms with Crippen LogP contribution >= 0.6 is 0 Å². The number of carbonyl (C=O) groups is 1. The zero-order valence-electron chi connectivity index (χ0n) is 10.1. The van der Waals surface area contributed by atoms with Gasteiger partial charge >= 0.3 is 5.97 Å². The quantitative estimate of drug-likeness (QED) is 0.637. The number of hydrogen-bond acceptors (Lipinski definition) is 5. The van der Waals surface area contributed by atoms with Gasteiger partial charge in [0.05, 0.1) is 6.10 Å². The van der Waals surface area contributed by atoms with Crippen molar-refractivity contribution in [3.05, 3.63) is 35.6 Å². The third-order valence-corrected chi connectivity index (χ3v) is 2.92. The first kappa shape index (κ1) is 13.5. The predicted molar refractivity (Wildman–Crippen MR) is 67.8 cm³/mol. The molecular formula is C13H15NO5. The van der Waals surface area contributed by atoms with Crippen LogP contribution < -0.4 is 5.73 Å². The Labute approximate surface area is 109 Å². The lowest BCUT2D eigenvalue weighted by atomic mass is 10.0. The molecule has 0 radical (unpaired) electrons. The van der Waals surface area contributed by atoms with Gasteiger partial charge in [0.2, 0.25) is 5.76 Å². The minimum absolute atomic E-state index is 0.163. The number of carboxylic acid groups (broad SMARTS) is 1. The standard InChI is InChI=1S/C13H15NO5/c14-4-3-9(15)12(16)7-1-2-10-8(5-7)6-11(19-10)13(17)18/h1-2,5-6,9,12,15-16H,3-4,14H2,(H,17,18). The van der Waals surface area contributed by atoms with Crippen molar-refractivity contribution in [2.75, 3.05) is 6.54 Å². The number of carboxylic acids is 1. The Morgan fingerprint density at radius 2 is 2.05 bits per heavy atom. The highest BCUT2D eigenvalue weighted by atomic mass is 16.4. The highest BCUT2D eigenvalue weighted by Crippen LogP contribution is 2.26. The fourth-order valence-corrected chi connectivity index (χ4v) is 1.90. The minimum Gasteiger partial charge on any atom is -0.475 e. The normalized spacial score (nSPS) is 14.5. The SMILES string of the molecule is NCCC(O)C(O)c1ccc2oc(C(=O)O)cc2c1. The summed E-state index contributed by atoms with van der Waals surface area (Å²) in [5.74, 6) is -1.31. The number of furan rings is 1. The summed E-state index contributed by atoms with van der Waals surface area (Å²) in [6.45, 7) is 0.273. The van der Waals surface area contributed by atoms with Crippen molar-refractivity contribution in [1.29, 1.82) is 0 Å². The van der Waals surface area contributed by atoms with Gasteiger partial charge in [0.1, 0.15) is 11.7 Å². The van der Waals surface area contributed by atoms with Gasteiger partial charge in [0.15, 0.2) is 0 Å². The Morgan fingerprint density at radius 1 is 1.32 bits per heavy atom. The van der Waals surface area contributed by atoms with Gasteiger partial charge in [-0.15, -0.1) is 0 Å². The molecule has 19 heavy (non-hydrogen) atoms. The largest absolute Gasteiger partial charge is 0.475 e. The van der Waals surface area contributed by atoms with E-state index in [0.717, 1.165) is 0 Å². The smallest absolute Gasteiger partial charge is 0.371 e. The maximum atomic E-state index is 10.8. The molecule has 6 heteroatoms. The molecule has 1 aromatic heterocycles. The molecule has 2 aromatic rings. The maximum Gasteiger partial charge on any atom is 0.371 e. The molecular weight excluding hydrogens is 250 g/mol. The Morgan fingerprint density at radius 3 is 2.68 bits per heavy atom. The first-order valence-corrected chi connectivity index (χ1v) is 5.86. The van der Waals surface area contributed by atoms with Crippen molar-refractivity contribution in [3.8, 4) is 0 Å². The van der Waals surface area contributed by atoms with Gasteiger partial charge in [0.25, 0.3) is 0 Å². The Bertz CT molecular complexity index is 592. The zero-order valence-corrected chi connectivity index (χ0v) is 10.1. The molecule has 6 nitrogen and oxygen atoms in total. The van der Waals surface area contributed by atoms with Gasteiger partial charge in [-0.05, 0) is 36.7 Å². The summed E-state index contributed by atoms with van der Waals surface area (Å²) in [4.78, 5) is 10.8. The molecule has 2 atom stereocenters. The molecule has 0 amide bonds. The van der Waals surface area contributed by atoms with E-state index in [1.54, 1.807) is 18.2 Å². The topological polar surface area (TPSA) is 117 Å². The summed E-state index contributed by atoms with van der Waals surface area (Å²) in [6.07, 6.45) is -1.73. The molecule has 0 saturated heterocycles. The van der Waals surface area contributed by atoms with Gasteiger partial charge < -0.3 is 25.5 Å². The molecule has 0 bridgehead atoms. The van der Waals surface area contributed by atoms with Gasteiger partial charge in [-0.25, -0.2) is 4.79 Å². The van der Waals surface area contributed by atoms with Crippen molar-refractivity contribution >= 4 is 16.9 Å². The molecule has 0 saturated carbocycles. The lowest BCUT2D eigenvalue weighted by Gasteiger charge is -2.17. The number of fused-ring (bicyclic) bond motifs is 1. The molecule has 0 fully saturated rings. The Kier molecular flexibility index (Phi) is 3.84. The third-order valence-electron chi connectivity index (χ3n) is 2.92. The number of aliphatic hydroxyl groups is 2. The van der Waals surface area contributed by atoms with E-state index in [-0.39, 0.29) is 18.7 Å². The van der Waals surface area contributed by atoms with Gasteiger partial charge in [-0.3, -0.25) is 0 Å². The lowest BCUT2D eigenvalue weighted by Crippen LogP contribution is -2.21. The predicted octanol–water partition coefficient (Wildman–Crippen LogP) is 0.874. The number of aromatic carboxylic acids is 1. The van der Waals surface area contributed by atoms with Crippen LogP contribution in [-0.2, 0) is 0 Å². The van der Waals surface area contributed by atoms with Crippen molar-refractivity contribution in [1.82, 2.24) is 0 Å². The van der Waals surface area contributed by atoms with Crippen LogP contribution in [0.4, 0.5) is 0 Å². The number of rotatable bonds is 5. The fourth-order valence-electron chi connectivity index (χ4n) is 1.90. The third kappa shape index (κ3) is 2.76. The molecule has 0 aliphatic heterocycles. The number of nitrogens with two attached hydrogens (primary N) is 1. The minimum atomic E-state index is -1.15. The molecule has 0 spiro atoms. The van der Waals surface area contributed by atoms with E-state index in [1.165, 1.54) is 6.07 Å². The fraction of sp³-hybridized carbons (Fsp3) is 0.308. The number of hydrogen-bond donors (Lipinski definition) is 4. The van der Waals surface area contributed by atoms with Crippen LogP contribution in [0.15, 0.2) is 28.7 Å². The van der Waals surface area contributed by atoms with Crippen LogP contribution in [-0.4, -0.2) is 33.9 Å². The van der Waals surface area contributed by atoms with E-state index in [1.807, 2.05) is 0 Å².